The van der Waals surface area contributed by atoms with Crippen molar-refractivity contribution in [1.29, 1.82) is 0 Å². The summed E-state index contributed by atoms with van der Waals surface area (Å²) in [5.41, 5.74) is 2.12. The first-order chi connectivity index (χ1) is 13.4. The number of para-hydroxylation sites is 1. The molecule has 0 aromatic heterocycles. The Morgan fingerprint density at radius 2 is 1.90 bits per heavy atom. The maximum absolute atomic E-state index is 12.6. The van der Waals surface area contributed by atoms with Crippen LogP contribution >= 0.6 is 24.0 Å². The number of phenolic OH excluding ortho intramolecular Hbond substituents is 1. The number of aryl methyl sites for hydroxylation is 1. The summed E-state index contributed by atoms with van der Waals surface area (Å²) in [4.78, 5) is 4.44. The van der Waals surface area contributed by atoms with Gasteiger partial charge < -0.3 is 25.2 Å². The van der Waals surface area contributed by atoms with E-state index in [4.69, 9.17) is 4.74 Å². The number of hydrogen-bond acceptors (Lipinski definition) is 4. The van der Waals surface area contributed by atoms with Gasteiger partial charge in [-0.3, -0.25) is 0 Å². The number of hydrogen-bond donors (Lipinski definition) is 3. The molecule has 3 N–H and O–H groups in total. The number of phenols is 1. The molecule has 0 fully saturated rings. The standard InChI is InChI=1S/C20H25F2N3O3.HI/c1-4-23-20(24-11-14-6-5-7-17(27-3)18(14)26)25-12-15-10-13(2)8-9-16(15)28-19(21)22;/h5-10,19,26H,4,11-12H2,1-3H3,(H2,23,24,25);1H. The minimum Gasteiger partial charge on any atom is -0.504 e. The summed E-state index contributed by atoms with van der Waals surface area (Å²) in [6.45, 7) is 1.97. The fourth-order valence-electron chi connectivity index (χ4n) is 2.60. The summed E-state index contributed by atoms with van der Waals surface area (Å²) < 4.78 is 34.9. The van der Waals surface area contributed by atoms with Crippen LogP contribution in [0.2, 0.25) is 0 Å². The van der Waals surface area contributed by atoms with Gasteiger partial charge in [-0.1, -0.05) is 29.8 Å². The van der Waals surface area contributed by atoms with Gasteiger partial charge in [0.05, 0.1) is 13.7 Å². The van der Waals surface area contributed by atoms with Crippen LogP contribution in [0.5, 0.6) is 17.2 Å². The molecule has 160 valence electrons. The van der Waals surface area contributed by atoms with Crippen molar-refractivity contribution in [3.8, 4) is 17.2 Å². The first-order valence-electron chi connectivity index (χ1n) is 8.86. The zero-order chi connectivity index (χ0) is 20.5. The van der Waals surface area contributed by atoms with Crippen molar-refractivity contribution in [3.05, 3.63) is 53.1 Å². The second-order valence-corrected chi connectivity index (χ2v) is 6.01. The maximum Gasteiger partial charge on any atom is 0.387 e. The number of ether oxygens (including phenoxy) is 2. The van der Waals surface area contributed by atoms with Crippen molar-refractivity contribution in [3.63, 3.8) is 0 Å². The highest BCUT2D eigenvalue weighted by Crippen LogP contribution is 2.29. The minimum atomic E-state index is -2.90. The molecule has 2 aromatic carbocycles. The lowest BCUT2D eigenvalue weighted by atomic mass is 10.1. The van der Waals surface area contributed by atoms with E-state index in [-0.39, 0.29) is 42.0 Å². The molecule has 6 nitrogen and oxygen atoms in total. The van der Waals surface area contributed by atoms with Crippen LogP contribution in [0.25, 0.3) is 0 Å². The van der Waals surface area contributed by atoms with Gasteiger partial charge in [-0.05, 0) is 26.0 Å². The van der Waals surface area contributed by atoms with Crippen LogP contribution < -0.4 is 20.1 Å². The third kappa shape index (κ3) is 7.56. The second kappa shape index (κ2) is 12.3. The van der Waals surface area contributed by atoms with Gasteiger partial charge in [-0.15, -0.1) is 24.0 Å². The van der Waals surface area contributed by atoms with Gasteiger partial charge in [0.2, 0.25) is 0 Å². The van der Waals surface area contributed by atoms with Gasteiger partial charge in [0.1, 0.15) is 5.75 Å². The quantitative estimate of drug-likeness (QED) is 0.276. The number of rotatable bonds is 8. The van der Waals surface area contributed by atoms with E-state index in [0.29, 0.717) is 35.9 Å². The first-order valence-corrected chi connectivity index (χ1v) is 8.86. The van der Waals surface area contributed by atoms with Gasteiger partial charge in [0.25, 0.3) is 0 Å². The smallest absolute Gasteiger partial charge is 0.387 e. The number of benzene rings is 2. The van der Waals surface area contributed by atoms with Crippen molar-refractivity contribution in [1.82, 2.24) is 10.6 Å². The van der Waals surface area contributed by atoms with Gasteiger partial charge in [0, 0.05) is 24.2 Å². The molecule has 9 heteroatoms. The van der Waals surface area contributed by atoms with Crippen LogP contribution in [0, 0.1) is 6.92 Å². The van der Waals surface area contributed by atoms with Crippen molar-refractivity contribution in [2.45, 2.75) is 33.5 Å². The highest BCUT2D eigenvalue weighted by molar-refractivity contribution is 14.0. The molecule has 0 bridgehead atoms. The molecule has 0 spiro atoms. The van der Waals surface area contributed by atoms with Crippen molar-refractivity contribution in [2.75, 3.05) is 13.7 Å². The summed E-state index contributed by atoms with van der Waals surface area (Å²) in [6.07, 6.45) is 0. The fraction of sp³-hybridized carbons (Fsp3) is 0.350. The number of alkyl halides is 2. The van der Waals surface area contributed by atoms with E-state index < -0.39 is 6.61 Å². The minimum absolute atomic E-state index is 0. The van der Waals surface area contributed by atoms with E-state index in [0.717, 1.165) is 5.56 Å². The molecule has 0 saturated carbocycles. The lowest BCUT2D eigenvalue weighted by Crippen LogP contribution is -2.36. The zero-order valence-corrected chi connectivity index (χ0v) is 18.9. The Morgan fingerprint density at radius 3 is 2.55 bits per heavy atom. The lowest BCUT2D eigenvalue weighted by Gasteiger charge is -2.14. The lowest BCUT2D eigenvalue weighted by molar-refractivity contribution is -0.0504. The molecule has 0 heterocycles. The molecule has 29 heavy (non-hydrogen) atoms. The largest absolute Gasteiger partial charge is 0.504 e. The van der Waals surface area contributed by atoms with E-state index in [1.165, 1.54) is 13.2 Å². The molecule has 2 rings (SSSR count). The maximum atomic E-state index is 12.6. The second-order valence-electron chi connectivity index (χ2n) is 6.01. The summed E-state index contributed by atoms with van der Waals surface area (Å²) in [5, 5.41) is 16.4. The molecule has 0 unspecified atom stereocenters. The Labute approximate surface area is 186 Å². The first kappa shape index (κ1) is 24.7. The predicted molar refractivity (Wildman–Crippen MR) is 120 cm³/mol. The van der Waals surface area contributed by atoms with E-state index in [2.05, 4.69) is 20.4 Å². The number of guanidine groups is 1. The topological polar surface area (TPSA) is 75.1 Å². The van der Waals surface area contributed by atoms with Crippen LogP contribution in [-0.4, -0.2) is 31.3 Å². The fourth-order valence-corrected chi connectivity index (χ4v) is 2.60. The molecule has 0 aliphatic carbocycles. The van der Waals surface area contributed by atoms with Crippen LogP contribution in [0.15, 0.2) is 41.4 Å². The number of halogens is 3. The number of aliphatic imine (C=N–C) groups is 1. The van der Waals surface area contributed by atoms with Crippen LogP contribution in [-0.2, 0) is 13.1 Å². The molecular formula is C20H26F2IN3O3. The van der Waals surface area contributed by atoms with E-state index in [1.54, 1.807) is 30.3 Å². The van der Waals surface area contributed by atoms with Crippen LogP contribution in [0.3, 0.4) is 0 Å². The number of aromatic hydroxyl groups is 1. The van der Waals surface area contributed by atoms with Crippen LogP contribution in [0.4, 0.5) is 8.78 Å². The van der Waals surface area contributed by atoms with E-state index >= 15 is 0 Å². The Balaban J connectivity index is 0.00000420. The molecule has 0 amide bonds. The molecule has 0 aliphatic heterocycles. The monoisotopic (exact) mass is 521 g/mol. The molecule has 0 aliphatic rings. The molecule has 0 radical (unpaired) electrons. The molecule has 0 atom stereocenters. The number of nitrogens with one attached hydrogen (secondary N) is 2. The number of methoxy groups -OCH3 is 1. The zero-order valence-electron chi connectivity index (χ0n) is 16.5. The third-order valence-corrected chi connectivity index (χ3v) is 3.93. The van der Waals surface area contributed by atoms with Crippen LogP contribution in [0.1, 0.15) is 23.6 Å². The SMILES string of the molecule is CCNC(=NCc1cc(C)ccc1OC(F)F)NCc1cccc(OC)c1O.I. The van der Waals surface area contributed by atoms with Gasteiger partial charge in [0.15, 0.2) is 17.5 Å². The van der Waals surface area contributed by atoms with Gasteiger partial charge in [-0.25, -0.2) is 4.99 Å². The van der Waals surface area contributed by atoms with Crippen molar-refractivity contribution in [2.24, 2.45) is 4.99 Å². The van der Waals surface area contributed by atoms with Crippen molar-refractivity contribution < 1.29 is 23.4 Å². The molecular weight excluding hydrogens is 495 g/mol. The predicted octanol–water partition coefficient (Wildman–Crippen LogP) is 4.18. The van der Waals surface area contributed by atoms with Crippen molar-refractivity contribution >= 4 is 29.9 Å². The summed E-state index contributed by atoms with van der Waals surface area (Å²) in [7, 11) is 1.48. The average Bonchev–Trinajstić information content (AvgIpc) is 2.66. The Kier molecular flexibility index (Phi) is 10.5. The highest BCUT2D eigenvalue weighted by atomic mass is 127. The van der Waals surface area contributed by atoms with E-state index in [1.807, 2.05) is 13.8 Å². The summed E-state index contributed by atoms with van der Waals surface area (Å²) in [6, 6.07) is 10.2. The highest BCUT2D eigenvalue weighted by Gasteiger charge is 2.11. The molecule has 0 saturated heterocycles. The summed E-state index contributed by atoms with van der Waals surface area (Å²) >= 11 is 0. The average molecular weight is 521 g/mol. The third-order valence-electron chi connectivity index (χ3n) is 3.93. The Bertz CT molecular complexity index is 820. The van der Waals surface area contributed by atoms with Gasteiger partial charge in [-0.2, -0.15) is 8.78 Å². The Morgan fingerprint density at radius 1 is 1.14 bits per heavy atom. The Hall–Kier alpha value is -2.30. The molecule has 2 aromatic rings. The normalized spacial score (nSPS) is 11.0. The number of nitrogens with zero attached hydrogens (tertiary/aromatic N) is 1. The van der Waals surface area contributed by atoms with Gasteiger partial charge >= 0.3 is 6.61 Å². The van der Waals surface area contributed by atoms with E-state index in [9.17, 15) is 13.9 Å². The summed E-state index contributed by atoms with van der Waals surface area (Å²) in [5.74, 6) is 1.02.